The van der Waals surface area contributed by atoms with Crippen molar-refractivity contribution in [2.45, 2.75) is 109 Å². The van der Waals surface area contributed by atoms with Crippen molar-refractivity contribution in [3.8, 4) is 23.0 Å². The number of nitrogen functional groups attached to an aromatic ring is 1. The number of rotatable bonds is 23. The van der Waals surface area contributed by atoms with Crippen LogP contribution in [-0.4, -0.2) is 150 Å². The Balaban J connectivity index is 0.000000296. The van der Waals surface area contributed by atoms with Crippen LogP contribution in [0.15, 0.2) is 98.6 Å². The van der Waals surface area contributed by atoms with Gasteiger partial charge < -0.3 is 49.7 Å². The zero-order valence-corrected chi connectivity index (χ0v) is 62.4. The molecule has 528 valence electrons. The Morgan fingerprint density at radius 2 is 1.18 bits per heavy atom. The summed E-state index contributed by atoms with van der Waals surface area (Å²) in [6, 6.07) is 19.3. The summed E-state index contributed by atoms with van der Waals surface area (Å²) < 4.78 is 33.2. The van der Waals surface area contributed by atoms with E-state index in [4.69, 9.17) is 92.2 Å². The van der Waals surface area contributed by atoms with Gasteiger partial charge in [-0.3, -0.25) is 29.1 Å². The third-order valence-corrected chi connectivity index (χ3v) is 19.5. The first-order chi connectivity index (χ1) is 46.4. The summed E-state index contributed by atoms with van der Waals surface area (Å²) in [6.45, 7) is 22.6. The topological polar surface area (TPSA) is 255 Å². The highest BCUT2D eigenvalue weighted by atomic mass is 35.5. The number of allylic oxidation sites excluding steroid dienone is 1. The Bertz CT molecular complexity index is 3750. The van der Waals surface area contributed by atoms with E-state index in [0.29, 0.717) is 101 Å². The lowest BCUT2D eigenvalue weighted by molar-refractivity contribution is -0.117. The van der Waals surface area contributed by atoms with Crippen molar-refractivity contribution >= 4 is 124 Å². The summed E-state index contributed by atoms with van der Waals surface area (Å²) in [5, 5.41) is 6.58. The zero-order valence-electron chi connectivity index (χ0n) is 57.6. The minimum Gasteiger partial charge on any atom is -0.495 e. The molecule has 4 aromatic carbocycles. The normalized spacial score (nSPS) is 13.3. The van der Waals surface area contributed by atoms with Crippen molar-refractivity contribution in [2.75, 3.05) is 108 Å². The van der Waals surface area contributed by atoms with Gasteiger partial charge in [0.1, 0.15) is 69.7 Å². The second-order valence-electron chi connectivity index (χ2n) is 25.3. The number of benzene rings is 4. The number of aromatic nitrogens is 4. The molecule has 98 heavy (non-hydrogen) atoms. The van der Waals surface area contributed by atoms with Crippen LogP contribution in [0.4, 0.5) is 38.3 Å². The maximum absolute atomic E-state index is 14.2. The number of nitrogens with two attached hydrogens (primary N) is 1. The molecule has 2 saturated heterocycles. The quantitative estimate of drug-likeness (QED) is 0.0135. The van der Waals surface area contributed by atoms with Gasteiger partial charge in [0, 0.05) is 95.9 Å². The zero-order chi connectivity index (χ0) is 72.2. The molecule has 2 aliphatic rings. The molecule has 5 amide bonds. The molecule has 0 aliphatic carbocycles. The number of carbonyl (C=O) groups is 5. The first-order valence-corrected chi connectivity index (χ1v) is 37.2. The molecule has 6 aromatic rings. The lowest BCUT2D eigenvalue weighted by Crippen LogP contribution is -2.43. The molecule has 2 aromatic heterocycles. The van der Waals surface area contributed by atoms with E-state index in [-0.39, 0.29) is 62.8 Å². The van der Waals surface area contributed by atoms with Crippen LogP contribution in [0.5, 0.6) is 23.0 Å². The molecule has 22 nitrogen and oxygen atoms in total. The number of carbonyl (C=O) groups excluding carboxylic acids is 5. The highest BCUT2D eigenvalue weighted by Gasteiger charge is 2.32. The largest absolute Gasteiger partial charge is 0.495 e. The average molecular weight is 1460 g/mol. The molecule has 0 spiro atoms. The molecule has 0 bridgehead atoms. The van der Waals surface area contributed by atoms with Gasteiger partial charge in [-0.25, -0.2) is 29.5 Å². The fourth-order valence-corrected chi connectivity index (χ4v) is 12.7. The van der Waals surface area contributed by atoms with Crippen LogP contribution >= 0.6 is 58.0 Å². The second-order valence-corrected chi connectivity index (χ2v) is 32.8. The number of nitrogens with zero attached hydrogens (tertiary/aromatic N) is 8. The predicted molar refractivity (Wildman–Crippen MR) is 393 cm³/mol. The fourth-order valence-electron chi connectivity index (χ4n) is 10.6. The molecule has 2 aliphatic heterocycles. The molecule has 0 unspecified atom stereocenters. The summed E-state index contributed by atoms with van der Waals surface area (Å²) in [7, 11) is 7.73. The predicted octanol–water partition coefficient (Wildman–Crippen LogP) is 14.6. The number of halogens is 5. The third kappa shape index (κ3) is 22.4. The van der Waals surface area contributed by atoms with Gasteiger partial charge in [0.25, 0.3) is 0 Å². The van der Waals surface area contributed by atoms with Gasteiger partial charge in [-0.15, -0.1) is 0 Å². The highest BCUT2D eigenvalue weighted by Crippen LogP contribution is 2.47. The molecule has 0 atom stereocenters. The van der Waals surface area contributed by atoms with Crippen LogP contribution < -0.4 is 50.0 Å². The number of piperidine rings is 2. The van der Waals surface area contributed by atoms with Gasteiger partial charge in [0.2, 0.25) is 17.1 Å². The summed E-state index contributed by atoms with van der Waals surface area (Å²) in [6.07, 6.45) is 9.33. The summed E-state index contributed by atoms with van der Waals surface area (Å²) in [5.41, 5.74) is 13.5. The molecule has 0 saturated carbocycles. The van der Waals surface area contributed by atoms with Crippen molar-refractivity contribution in [3.63, 3.8) is 0 Å². The number of ether oxygens (including phenoxy) is 6. The van der Waals surface area contributed by atoms with E-state index >= 15 is 0 Å². The van der Waals surface area contributed by atoms with Crippen molar-refractivity contribution in [2.24, 2.45) is 0 Å². The third-order valence-electron chi connectivity index (χ3n) is 16.1. The van der Waals surface area contributed by atoms with Gasteiger partial charge in [0.05, 0.1) is 62.0 Å². The molecule has 4 N–H and O–H groups in total. The summed E-state index contributed by atoms with van der Waals surface area (Å²) >= 11 is 31.2. The Hall–Kier alpha value is -7.74. The minimum absolute atomic E-state index is 0.100. The van der Waals surface area contributed by atoms with E-state index in [1.807, 2.05) is 45.0 Å². The first-order valence-electron chi connectivity index (χ1n) is 31.6. The van der Waals surface area contributed by atoms with Crippen molar-refractivity contribution < 1.29 is 52.4 Å². The van der Waals surface area contributed by atoms with Gasteiger partial charge in [-0.2, -0.15) is 0 Å². The Labute approximate surface area is 600 Å². The SMILES string of the molecule is C=CC(=O)Cl.C=CC(=O)Nc1cc(C2CCNCC2)ccc1Cc1cc(N(C)C(=O)Cc2c(Cl)c(OC)cc(OC)c2Cl)ncn1.COc1cc(OC)c(Cl)c(N(COCC[Si](C)(C)C)C(=O)N(C)c2cc(Cc3ccc(C4CCN(C(=O)OC(C)(C)C)CC4)cc3N)ncn2)c1Cl. The number of urea groups is 1. The number of nitrogens with one attached hydrogen (secondary N) is 2. The monoisotopic (exact) mass is 1460 g/mol. The average Bonchev–Trinajstić information content (AvgIpc) is 0.781. The molecular formula is C70H88Cl5N11O11Si. The van der Waals surface area contributed by atoms with Crippen molar-refractivity contribution in [3.05, 3.63) is 158 Å². The summed E-state index contributed by atoms with van der Waals surface area (Å²) in [5.74, 6) is 2.20. The maximum Gasteiger partial charge on any atom is 0.410 e. The first kappa shape index (κ1) is 79.2. The summed E-state index contributed by atoms with van der Waals surface area (Å²) in [4.78, 5) is 85.3. The van der Waals surface area contributed by atoms with Crippen LogP contribution in [0.25, 0.3) is 0 Å². The number of anilines is 5. The van der Waals surface area contributed by atoms with Crippen LogP contribution in [0.1, 0.15) is 97.5 Å². The maximum atomic E-state index is 14.2. The van der Waals surface area contributed by atoms with Gasteiger partial charge in [-0.1, -0.05) is 103 Å². The minimum atomic E-state index is -1.40. The molecule has 28 heteroatoms. The lowest BCUT2D eigenvalue weighted by Gasteiger charge is -2.33. The number of likely N-dealkylation sites (N-methyl/N-ethyl adjacent to an activating group) is 1. The van der Waals surface area contributed by atoms with Gasteiger partial charge in [-0.05, 0) is 136 Å². The number of amides is 5. The van der Waals surface area contributed by atoms with Gasteiger partial charge in [0.15, 0.2) is 0 Å². The number of likely N-dealkylation sites (tertiary alicyclic amines) is 1. The van der Waals surface area contributed by atoms with Gasteiger partial charge >= 0.3 is 12.1 Å². The Morgan fingerprint density at radius 3 is 1.67 bits per heavy atom. The van der Waals surface area contributed by atoms with E-state index in [0.717, 1.165) is 67.6 Å². The lowest BCUT2D eigenvalue weighted by atomic mass is 9.88. The molecule has 2 fully saturated rings. The molecule has 8 rings (SSSR count). The Kier molecular flexibility index (Phi) is 29.8. The van der Waals surface area contributed by atoms with E-state index in [1.165, 1.54) is 67.4 Å². The van der Waals surface area contributed by atoms with E-state index < -0.39 is 24.9 Å². The number of hydrogen-bond donors (Lipinski definition) is 3. The molecule has 0 radical (unpaired) electrons. The standard InChI is InChI=1S/C37H52Cl2N6O6Si.C30H33Cl2N5O4.C3H3ClO/c1-37(2,3)51-36(47)44-14-12-24(13-15-44)25-10-11-26(28(40)19-25)18-27-20-31(42-22-41-27)43(4)35(46)45(23-50-16-17-52(7,8)9)34-32(38)29(48-5)21-30(49-6)33(34)39;1-5-27(38)36-23-13-19(18-8-10-33-11-9-18)6-7-20(23)12-21-14-26(35-17-34-21)37(2)28(39)15-22-29(31)24(40-3)16-25(41-4)30(22)32;1-2-3(4)5/h10-11,19-22,24H,12-18,23,40H2,1-9H3;5-7,13-14,16-18,33H,1,8-12,15H2,2-4H3,(H,36,38);2H,1H2. The highest BCUT2D eigenvalue weighted by molar-refractivity contribution is 6.76. The number of methoxy groups -OCH3 is 4. The van der Waals surface area contributed by atoms with Crippen LogP contribution in [0, 0.1) is 0 Å². The van der Waals surface area contributed by atoms with Crippen LogP contribution in [-0.2, 0) is 43.1 Å². The Morgan fingerprint density at radius 1 is 0.694 bits per heavy atom. The van der Waals surface area contributed by atoms with Crippen molar-refractivity contribution in [1.29, 1.82) is 0 Å². The van der Waals surface area contributed by atoms with Crippen LogP contribution in [0.2, 0.25) is 45.8 Å². The van der Waals surface area contributed by atoms with E-state index in [2.05, 4.69) is 75.5 Å². The smallest absolute Gasteiger partial charge is 0.410 e. The molecule has 4 heterocycles. The van der Waals surface area contributed by atoms with E-state index in [9.17, 15) is 24.0 Å². The second kappa shape index (κ2) is 36.9. The van der Waals surface area contributed by atoms with Crippen LogP contribution in [0.3, 0.4) is 0 Å². The fraction of sp³-hybridized carbons (Fsp3) is 0.414. The van der Waals surface area contributed by atoms with Crippen molar-refractivity contribution in [1.82, 2.24) is 30.2 Å². The van der Waals surface area contributed by atoms with E-state index in [1.54, 1.807) is 43.3 Å². The molecular weight excluding hydrogens is 1380 g/mol. The number of hydrogen-bond acceptors (Lipinski definition) is 17.